The lowest BCUT2D eigenvalue weighted by atomic mass is 10.0. The molecule has 1 saturated heterocycles. The van der Waals surface area contributed by atoms with Crippen LogP contribution >= 0.6 is 15.9 Å². The molecule has 0 bridgehead atoms. The van der Waals surface area contributed by atoms with Gasteiger partial charge in [-0.15, -0.1) is 0 Å². The van der Waals surface area contributed by atoms with Crippen LogP contribution in [0.5, 0.6) is 5.75 Å². The van der Waals surface area contributed by atoms with Crippen LogP contribution in [0, 0.1) is 10.1 Å². The average Bonchev–Trinajstić information content (AvgIpc) is 2.70. The van der Waals surface area contributed by atoms with E-state index < -0.39 is 49.6 Å². The van der Waals surface area contributed by atoms with Crippen molar-refractivity contribution in [1.82, 2.24) is 4.31 Å². The van der Waals surface area contributed by atoms with Crippen molar-refractivity contribution in [3.63, 3.8) is 0 Å². The summed E-state index contributed by atoms with van der Waals surface area (Å²) >= 11 is 3.16. The molecule has 0 aliphatic carbocycles. The van der Waals surface area contributed by atoms with Crippen LogP contribution in [0.2, 0.25) is 0 Å². The van der Waals surface area contributed by atoms with Crippen LogP contribution < -0.4 is 4.74 Å². The highest BCUT2D eigenvalue weighted by Crippen LogP contribution is 2.35. The molecule has 172 valence electrons. The Kier molecular flexibility index (Phi) is 6.52. The lowest BCUT2D eigenvalue weighted by Gasteiger charge is -2.38. The summed E-state index contributed by atoms with van der Waals surface area (Å²) in [7, 11) is -4.59. The molecule has 3 rings (SSSR count). The predicted octanol–water partition coefficient (Wildman–Crippen LogP) is 4.52. The first-order chi connectivity index (χ1) is 14.8. The van der Waals surface area contributed by atoms with E-state index in [4.69, 9.17) is 4.74 Å². The SMILES string of the molecule is C[C@@H]1[C@@H](Oc2ccc([N+](=O)[O-])cc2Br)CCC(=O)N1S(=O)(=O)c1cccc(C(F)(F)F)c1. The number of hydrogen-bond acceptors (Lipinski definition) is 6. The van der Waals surface area contributed by atoms with Crippen LogP contribution in [0.1, 0.15) is 25.3 Å². The zero-order valence-electron chi connectivity index (χ0n) is 16.4. The first-order valence-corrected chi connectivity index (χ1v) is 11.4. The van der Waals surface area contributed by atoms with Gasteiger partial charge in [-0.3, -0.25) is 14.9 Å². The number of nitro benzene ring substituents is 1. The number of rotatable bonds is 5. The largest absolute Gasteiger partial charge is 0.487 e. The van der Waals surface area contributed by atoms with Gasteiger partial charge in [-0.05, 0) is 53.5 Å². The molecule has 1 heterocycles. The number of sulfonamides is 1. The van der Waals surface area contributed by atoms with Gasteiger partial charge in [0.1, 0.15) is 11.9 Å². The molecule has 1 aliphatic rings. The predicted molar refractivity (Wildman–Crippen MR) is 109 cm³/mol. The summed E-state index contributed by atoms with van der Waals surface area (Å²) in [5.74, 6) is -0.573. The molecule has 2 atom stereocenters. The summed E-state index contributed by atoms with van der Waals surface area (Å²) in [4.78, 5) is 22.1. The fourth-order valence-corrected chi connectivity index (χ4v) is 5.46. The lowest BCUT2D eigenvalue weighted by molar-refractivity contribution is -0.385. The molecule has 1 aliphatic heterocycles. The molecular weight excluding hydrogens is 521 g/mol. The number of hydrogen-bond donors (Lipinski definition) is 0. The van der Waals surface area contributed by atoms with Gasteiger partial charge in [-0.2, -0.15) is 13.2 Å². The molecule has 2 aromatic rings. The third kappa shape index (κ3) is 4.72. The summed E-state index contributed by atoms with van der Waals surface area (Å²) in [6.45, 7) is 1.41. The molecule has 1 amide bonds. The second kappa shape index (κ2) is 8.70. The standard InChI is InChI=1S/C19H16BrF3N2O6S/c1-11-16(31-17-6-5-13(25(27)28)10-15(17)20)7-8-18(26)24(11)32(29,30)14-4-2-3-12(9-14)19(21,22)23/h2-6,9-11,16H,7-8H2,1H3/t11-,16+/m1/s1. The first-order valence-electron chi connectivity index (χ1n) is 9.17. The monoisotopic (exact) mass is 536 g/mol. The lowest BCUT2D eigenvalue weighted by Crippen LogP contribution is -2.54. The zero-order valence-corrected chi connectivity index (χ0v) is 18.8. The van der Waals surface area contributed by atoms with E-state index in [-0.39, 0.29) is 28.8 Å². The van der Waals surface area contributed by atoms with Gasteiger partial charge >= 0.3 is 6.18 Å². The average molecular weight is 537 g/mol. The van der Waals surface area contributed by atoms with Crippen molar-refractivity contribution >= 4 is 37.5 Å². The van der Waals surface area contributed by atoms with Gasteiger partial charge in [0.15, 0.2) is 0 Å². The molecule has 13 heteroatoms. The summed E-state index contributed by atoms with van der Waals surface area (Å²) in [6, 6.07) is 5.86. The Bertz CT molecular complexity index is 1170. The Morgan fingerprint density at radius 3 is 2.50 bits per heavy atom. The number of carbonyl (C=O) groups excluding carboxylic acids is 1. The maximum atomic E-state index is 13.1. The number of nitrogens with zero attached hydrogens (tertiary/aromatic N) is 2. The fraction of sp³-hybridized carbons (Fsp3) is 0.316. The minimum Gasteiger partial charge on any atom is -0.487 e. The minimum absolute atomic E-state index is 0.151. The Labute approximate surface area is 189 Å². The van der Waals surface area contributed by atoms with Gasteiger partial charge in [-0.1, -0.05) is 6.07 Å². The number of piperidine rings is 1. The van der Waals surface area contributed by atoms with E-state index in [9.17, 15) is 36.5 Å². The number of carbonyl (C=O) groups is 1. The minimum atomic E-state index is -4.75. The molecule has 32 heavy (non-hydrogen) atoms. The quantitative estimate of drug-likeness (QED) is 0.410. The van der Waals surface area contributed by atoms with Gasteiger partial charge in [-0.25, -0.2) is 12.7 Å². The van der Waals surface area contributed by atoms with Crippen molar-refractivity contribution in [2.45, 2.75) is 43.0 Å². The second-order valence-corrected chi connectivity index (χ2v) is 9.70. The smallest absolute Gasteiger partial charge is 0.416 e. The topological polar surface area (TPSA) is 107 Å². The van der Waals surface area contributed by atoms with Crippen molar-refractivity contribution in [3.8, 4) is 5.75 Å². The molecule has 0 spiro atoms. The molecule has 0 unspecified atom stereocenters. The fourth-order valence-electron chi connectivity index (χ4n) is 3.31. The van der Waals surface area contributed by atoms with Gasteiger partial charge in [0.2, 0.25) is 5.91 Å². The van der Waals surface area contributed by atoms with Gasteiger partial charge in [0.25, 0.3) is 15.7 Å². The van der Waals surface area contributed by atoms with Crippen LogP contribution in [-0.2, 0) is 21.0 Å². The van der Waals surface area contributed by atoms with E-state index in [1.54, 1.807) is 0 Å². The number of benzene rings is 2. The van der Waals surface area contributed by atoms with Gasteiger partial charge in [0.05, 0.1) is 25.9 Å². The van der Waals surface area contributed by atoms with E-state index in [0.717, 1.165) is 18.2 Å². The number of ether oxygens (including phenoxy) is 1. The highest BCUT2D eigenvalue weighted by Gasteiger charge is 2.43. The molecule has 0 N–H and O–H groups in total. The van der Waals surface area contributed by atoms with Crippen LogP contribution in [0.4, 0.5) is 18.9 Å². The van der Waals surface area contributed by atoms with Gasteiger partial charge in [0, 0.05) is 18.6 Å². The van der Waals surface area contributed by atoms with Crippen LogP contribution in [0.15, 0.2) is 51.8 Å². The van der Waals surface area contributed by atoms with Crippen molar-refractivity contribution < 1.29 is 36.0 Å². The molecular formula is C19H16BrF3N2O6S. The number of amides is 1. The Hall–Kier alpha value is -2.67. The molecule has 2 aromatic carbocycles. The molecule has 0 aromatic heterocycles. The third-order valence-electron chi connectivity index (χ3n) is 4.92. The zero-order chi connectivity index (χ0) is 23.8. The van der Waals surface area contributed by atoms with Crippen molar-refractivity contribution in [2.24, 2.45) is 0 Å². The van der Waals surface area contributed by atoms with Crippen molar-refractivity contribution in [2.75, 3.05) is 0 Å². The van der Waals surface area contributed by atoms with E-state index in [1.807, 2.05) is 0 Å². The Morgan fingerprint density at radius 2 is 1.91 bits per heavy atom. The number of non-ortho nitro benzene ring substituents is 1. The Morgan fingerprint density at radius 1 is 1.22 bits per heavy atom. The second-order valence-electron chi connectivity index (χ2n) is 7.03. The summed E-state index contributed by atoms with van der Waals surface area (Å²) in [5, 5.41) is 10.9. The summed E-state index contributed by atoms with van der Waals surface area (Å²) in [6.07, 6.45) is -5.64. The summed E-state index contributed by atoms with van der Waals surface area (Å²) < 4.78 is 71.8. The summed E-state index contributed by atoms with van der Waals surface area (Å²) in [5.41, 5.74) is -1.34. The normalized spacial score (nSPS) is 19.7. The highest BCUT2D eigenvalue weighted by atomic mass is 79.9. The third-order valence-corrected chi connectivity index (χ3v) is 7.44. The molecule has 1 fully saturated rings. The maximum Gasteiger partial charge on any atom is 0.416 e. The van der Waals surface area contributed by atoms with E-state index >= 15 is 0 Å². The van der Waals surface area contributed by atoms with Crippen molar-refractivity contribution in [1.29, 1.82) is 0 Å². The van der Waals surface area contributed by atoms with E-state index in [2.05, 4.69) is 15.9 Å². The van der Waals surface area contributed by atoms with Crippen LogP contribution in [-0.4, -0.2) is 35.7 Å². The van der Waals surface area contributed by atoms with E-state index in [0.29, 0.717) is 10.4 Å². The first kappa shape index (κ1) is 24.0. The maximum absolute atomic E-state index is 13.1. The number of alkyl halides is 3. The van der Waals surface area contributed by atoms with Crippen LogP contribution in [0.3, 0.4) is 0 Å². The molecule has 8 nitrogen and oxygen atoms in total. The van der Waals surface area contributed by atoms with Crippen molar-refractivity contribution in [3.05, 3.63) is 62.6 Å². The molecule has 0 saturated carbocycles. The molecule has 0 radical (unpaired) electrons. The Balaban J connectivity index is 1.91. The van der Waals surface area contributed by atoms with E-state index in [1.165, 1.54) is 25.1 Å². The van der Waals surface area contributed by atoms with Crippen LogP contribution in [0.25, 0.3) is 0 Å². The number of nitro groups is 1. The van der Waals surface area contributed by atoms with Gasteiger partial charge < -0.3 is 4.74 Å². The highest BCUT2D eigenvalue weighted by molar-refractivity contribution is 9.10. The number of halogens is 4.